The fourth-order valence-corrected chi connectivity index (χ4v) is 4.65. The summed E-state index contributed by atoms with van der Waals surface area (Å²) in [7, 11) is 0. The molecular formula is C30H28N8O3. The van der Waals surface area contributed by atoms with Crippen molar-refractivity contribution in [2.45, 2.75) is 25.9 Å². The molecule has 0 radical (unpaired) electrons. The van der Waals surface area contributed by atoms with Crippen LogP contribution < -0.4 is 16.2 Å². The van der Waals surface area contributed by atoms with Crippen LogP contribution in [0.1, 0.15) is 31.5 Å². The highest BCUT2D eigenvalue weighted by Gasteiger charge is 2.19. The van der Waals surface area contributed by atoms with Gasteiger partial charge in [0.05, 0.1) is 34.8 Å². The van der Waals surface area contributed by atoms with Crippen LogP contribution in [0, 0.1) is 0 Å². The first kappa shape index (κ1) is 26.0. The fourth-order valence-electron chi connectivity index (χ4n) is 4.65. The molecule has 1 atom stereocenters. The second kappa shape index (κ2) is 11.1. The molecular weight excluding hydrogens is 520 g/mol. The van der Waals surface area contributed by atoms with E-state index in [1.54, 1.807) is 30.7 Å². The van der Waals surface area contributed by atoms with Crippen molar-refractivity contribution in [3.05, 3.63) is 101 Å². The normalized spacial score (nSPS) is 12.1. The minimum atomic E-state index is -0.400. The lowest BCUT2D eigenvalue weighted by Crippen LogP contribution is -2.15. The Labute approximate surface area is 234 Å². The number of rotatable bonds is 9. The van der Waals surface area contributed by atoms with E-state index in [0.717, 1.165) is 22.3 Å². The Hall–Kier alpha value is -5.29. The standard InChI is InChI=1S/C30H28N8O3/c1-18(2)38-26-13-21(10-11-22(26)29(40)36-38)33-27-14-24(34-25(17-39)19-7-4-3-5-8-19)23(16-32-27)30-35-28(37-41-30)20-9-6-12-31-15-20/h3-16,18,25,39H,17H2,1-2H3,(H,36,40)(H2,32,33,34)/t25-/m1/s1. The van der Waals surface area contributed by atoms with Crippen molar-refractivity contribution in [2.24, 2.45) is 0 Å². The maximum absolute atomic E-state index is 12.4. The minimum absolute atomic E-state index is 0.0861. The first-order valence-corrected chi connectivity index (χ1v) is 13.2. The van der Waals surface area contributed by atoms with Gasteiger partial charge in [0.2, 0.25) is 5.82 Å². The maximum Gasteiger partial charge on any atom is 0.271 e. The number of H-pyrrole nitrogens is 1. The van der Waals surface area contributed by atoms with Gasteiger partial charge in [-0.05, 0) is 49.7 Å². The molecule has 0 unspecified atom stereocenters. The first-order chi connectivity index (χ1) is 20.0. The molecule has 6 aromatic rings. The SMILES string of the molecule is CC(C)n1[nH]c(=O)c2ccc(Nc3cc(N[C@H](CO)c4ccccc4)c(-c4nc(-c5cccnc5)no4)cn3)cc21. The van der Waals surface area contributed by atoms with E-state index in [1.807, 2.05) is 73.1 Å². The Balaban J connectivity index is 1.38. The number of hydrogen-bond acceptors (Lipinski definition) is 9. The molecule has 0 aliphatic carbocycles. The Bertz CT molecular complexity index is 1840. The van der Waals surface area contributed by atoms with Crippen LogP contribution in [-0.2, 0) is 0 Å². The third kappa shape index (κ3) is 5.30. The predicted molar refractivity (Wildman–Crippen MR) is 157 cm³/mol. The number of aromatic nitrogens is 6. The maximum atomic E-state index is 12.4. The molecule has 0 bridgehead atoms. The zero-order valence-corrected chi connectivity index (χ0v) is 22.4. The van der Waals surface area contributed by atoms with E-state index in [9.17, 15) is 9.90 Å². The summed E-state index contributed by atoms with van der Waals surface area (Å²) in [5, 5.41) is 24.6. The van der Waals surface area contributed by atoms with Crippen LogP contribution in [0.25, 0.3) is 33.7 Å². The molecule has 11 nitrogen and oxygen atoms in total. The third-order valence-electron chi connectivity index (χ3n) is 6.71. The van der Waals surface area contributed by atoms with Crippen molar-refractivity contribution in [3.63, 3.8) is 0 Å². The molecule has 0 aliphatic rings. The molecule has 0 amide bonds. The molecule has 2 aromatic carbocycles. The number of nitrogens with one attached hydrogen (secondary N) is 3. The van der Waals surface area contributed by atoms with Crippen molar-refractivity contribution in [1.82, 2.24) is 29.9 Å². The molecule has 206 valence electrons. The number of aliphatic hydroxyl groups excluding tert-OH is 1. The van der Waals surface area contributed by atoms with E-state index in [1.165, 1.54) is 0 Å². The van der Waals surface area contributed by atoms with Gasteiger partial charge in [0.15, 0.2) is 0 Å². The third-order valence-corrected chi connectivity index (χ3v) is 6.71. The molecule has 4 aromatic heterocycles. The summed E-state index contributed by atoms with van der Waals surface area (Å²) in [6.07, 6.45) is 4.98. The highest BCUT2D eigenvalue weighted by Crippen LogP contribution is 2.33. The van der Waals surface area contributed by atoms with Crippen LogP contribution >= 0.6 is 0 Å². The predicted octanol–water partition coefficient (Wildman–Crippen LogP) is 5.31. The van der Waals surface area contributed by atoms with Crippen LogP contribution in [0.2, 0.25) is 0 Å². The van der Waals surface area contributed by atoms with Crippen LogP contribution in [-0.4, -0.2) is 41.6 Å². The largest absolute Gasteiger partial charge is 0.394 e. The van der Waals surface area contributed by atoms with E-state index in [2.05, 4.69) is 35.8 Å². The molecule has 0 aliphatic heterocycles. The lowest BCUT2D eigenvalue weighted by atomic mass is 10.1. The van der Waals surface area contributed by atoms with E-state index in [0.29, 0.717) is 28.3 Å². The van der Waals surface area contributed by atoms with E-state index in [4.69, 9.17) is 4.52 Å². The summed E-state index contributed by atoms with van der Waals surface area (Å²) in [6.45, 7) is 3.88. The highest BCUT2D eigenvalue weighted by molar-refractivity contribution is 5.84. The van der Waals surface area contributed by atoms with Crippen molar-refractivity contribution in [1.29, 1.82) is 0 Å². The van der Waals surface area contributed by atoms with E-state index < -0.39 is 6.04 Å². The van der Waals surface area contributed by atoms with Gasteiger partial charge in [0.1, 0.15) is 5.82 Å². The lowest BCUT2D eigenvalue weighted by Gasteiger charge is -2.20. The smallest absolute Gasteiger partial charge is 0.271 e. The highest BCUT2D eigenvalue weighted by atomic mass is 16.5. The summed E-state index contributed by atoms with van der Waals surface area (Å²) in [4.78, 5) is 25.7. The van der Waals surface area contributed by atoms with Crippen LogP contribution in [0.3, 0.4) is 0 Å². The average Bonchev–Trinajstić information content (AvgIpc) is 3.62. The average molecular weight is 549 g/mol. The summed E-state index contributed by atoms with van der Waals surface area (Å²) in [5.74, 6) is 1.21. The fraction of sp³-hybridized carbons (Fsp3) is 0.167. The number of fused-ring (bicyclic) bond motifs is 1. The Morgan fingerprint density at radius 3 is 2.66 bits per heavy atom. The summed E-state index contributed by atoms with van der Waals surface area (Å²) in [5.41, 5.74) is 4.27. The Morgan fingerprint density at radius 2 is 1.90 bits per heavy atom. The van der Waals surface area contributed by atoms with Crippen molar-refractivity contribution < 1.29 is 9.63 Å². The number of nitrogens with zero attached hydrogens (tertiary/aromatic N) is 5. The molecule has 0 saturated carbocycles. The Kier molecular flexibility index (Phi) is 7.00. The summed E-state index contributed by atoms with van der Waals surface area (Å²) < 4.78 is 7.46. The zero-order valence-electron chi connectivity index (χ0n) is 22.4. The number of benzene rings is 2. The molecule has 4 heterocycles. The van der Waals surface area contributed by atoms with Crippen LogP contribution in [0.4, 0.5) is 17.2 Å². The molecule has 6 rings (SSSR count). The van der Waals surface area contributed by atoms with Crippen LogP contribution in [0.15, 0.2) is 94.6 Å². The van der Waals surface area contributed by atoms with Gasteiger partial charge >= 0.3 is 0 Å². The summed E-state index contributed by atoms with van der Waals surface area (Å²) >= 11 is 0. The zero-order chi connectivity index (χ0) is 28.3. The molecule has 11 heteroatoms. The minimum Gasteiger partial charge on any atom is -0.394 e. The number of pyridine rings is 2. The van der Waals surface area contributed by atoms with Crippen molar-refractivity contribution in [3.8, 4) is 22.8 Å². The van der Waals surface area contributed by atoms with Crippen molar-refractivity contribution in [2.75, 3.05) is 17.2 Å². The van der Waals surface area contributed by atoms with Gasteiger partial charge in [0.25, 0.3) is 11.4 Å². The van der Waals surface area contributed by atoms with Gasteiger partial charge in [0, 0.05) is 41.9 Å². The van der Waals surface area contributed by atoms with Gasteiger partial charge < -0.3 is 20.3 Å². The topological polar surface area (TPSA) is 147 Å². The summed E-state index contributed by atoms with van der Waals surface area (Å²) in [6, 6.07) is 20.4. The first-order valence-electron chi connectivity index (χ1n) is 13.2. The second-order valence-corrected chi connectivity index (χ2v) is 9.83. The van der Waals surface area contributed by atoms with Gasteiger partial charge in [-0.25, -0.2) is 4.98 Å². The molecule has 0 fully saturated rings. The quantitative estimate of drug-likeness (QED) is 0.189. The lowest BCUT2D eigenvalue weighted by molar-refractivity contribution is 0.276. The molecule has 0 spiro atoms. The van der Waals surface area contributed by atoms with E-state index >= 15 is 0 Å². The van der Waals surface area contributed by atoms with Crippen molar-refractivity contribution >= 4 is 28.1 Å². The van der Waals surface area contributed by atoms with Gasteiger partial charge in [-0.15, -0.1) is 0 Å². The monoisotopic (exact) mass is 548 g/mol. The number of aromatic amines is 1. The molecule has 41 heavy (non-hydrogen) atoms. The number of anilines is 3. The number of hydrogen-bond donors (Lipinski definition) is 4. The van der Waals surface area contributed by atoms with Gasteiger partial charge in [-0.1, -0.05) is 35.5 Å². The molecule has 4 N–H and O–H groups in total. The van der Waals surface area contributed by atoms with Crippen LogP contribution in [0.5, 0.6) is 0 Å². The second-order valence-electron chi connectivity index (χ2n) is 9.83. The van der Waals surface area contributed by atoms with Gasteiger partial charge in [-0.3, -0.25) is 19.6 Å². The van der Waals surface area contributed by atoms with E-state index in [-0.39, 0.29) is 24.1 Å². The molecule has 0 saturated heterocycles. The number of aliphatic hydroxyl groups is 1. The Morgan fingerprint density at radius 1 is 1.05 bits per heavy atom. The van der Waals surface area contributed by atoms with Gasteiger partial charge in [-0.2, -0.15) is 4.98 Å².